The number of ether oxygens (including phenoxy) is 1. The molecule has 0 amide bonds. The number of hydrogen-bond donors (Lipinski definition) is 0. The average molecular weight is 452 g/mol. The summed E-state index contributed by atoms with van der Waals surface area (Å²) in [5, 5.41) is 3.83. The zero-order valence-electron chi connectivity index (χ0n) is 17.2. The van der Waals surface area contributed by atoms with E-state index >= 15 is 0 Å². The van der Waals surface area contributed by atoms with Gasteiger partial charge in [-0.2, -0.15) is 15.7 Å². The van der Waals surface area contributed by atoms with Crippen LogP contribution < -0.4 is 9.64 Å². The van der Waals surface area contributed by atoms with Gasteiger partial charge in [0.25, 0.3) is 0 Å². The number of halogens is 2. The minimum Gasteiger partial charge on any atom is -0.486 e. The standard InChI is InChI=1S/C23H19F2N5OS/c1-14-17-11-28-23(22-26-5-2-6-27-22)29-19(17)3-7-30(14)16-9-18(24)21(25)20(10-16)31-12-15-4-8-32-13-15/h2,4-6,8-11,13-14H,3,7,12H2,1H3. The number of hydrogen-bond acceptors (Lipinski definition) is 7. The van der Waals surface area contributed by atoms with Gasteiger partial charge in [0.15, 0.2) is 23.2 Å². The molecular formula is C23H19F2N5OS. The van der Waals surface area contributed by atoms with Crippen molar-refractivity contribution in [1.82, 2.24) is 19.9 Å². The highest BCUT2D eigenvalue weighted by atomic mass is 32.1. The monoisotopic (exact) mass is 451 g/mol. The quantitative estimate of drug-likeness (QED) is 0.427. The van der Waals surface area contributed by atoms with Gasteiger partial charge in [0, 0.05) is 54.9 Å². The molecule has 0 fully saturated rings. The fourth-order valence-electron chi connectivity index (χ4n) is 3.80. The predicted molar refractivity (Wildman–Crippen MR) is 118 cm³/mol. The highest BCUT2D eigenvalue weighted by molar-refractivity contribution is 7.07. The molecule has 0 aliphatic carbocycles. The Kier molecular flexibility index (Phi) is 5.48. The molecule has 1 aromatic carbocycles. The van der Waals surface area contributed by atoms with Crippen molar-refractivity contribution < 1.29 is 13.5 Å². The first kappa shape index (κ1) is 20.4. The molecule has 4 aromatic rings. The summed E-state index contributed by atoms with van der Waals surface area (Å²) in [7, 11) is 0. The maximum Gasteiger partial charge on any atom is 0.200 e. The van der Waals surface area contributed by atoms with Crippen molar-refractivity contribution in [2.45, 2.75) is 26.0 Å². The molecule has 1 unspecified atom stereocenters. The van der Waals surface area contributed by atoms with Crippen molar-refractivity contribution in [2.24, 2.45) is 0 Å². The van der Waals surface area contributed by atoms with Crippen LogP contribution in [0.15, 0.2) is 53.6 Å². The molecule has 1 atom stereocenters. The second kappa shape index (κ2) is 8.58. The van der Waals surface area contributed by atoms with E-state index in [0.717, 1.165) is 16.8 Å². The van der Waals surface area contributed by atoms with Crippen LogP contribution in [0.5, 0.6) is 5.75 Å². The van der Waals surface area contributed by atoms with E-state index < -0.39 is 11.6 Å². The van der Waals surface area contributed by atoms with Gasteiger partial charge < -0.3 is 9.64 Å². The Morgan fingerprint density at radius 3 is 2.78 bits per heavy atom. The Balaban J connectivity index is 1.41. The SMILES string of the molecule is CC1c2cnc(-c3ncccn3)nc2CCN1c1cc(F)c(F)c(OCc2ccsc2)c1. The first-order chi connectivity index (χ1) is 15.6. The van der Waals surface area contributed by atoms with Crippen molar-refractivity contribution >= 4 is 17.0 Å². The summed E-state index contributed by atoms with van der Waals surface area (Å²) in [5.74, 6) is -1.07. The van der Waals surface area contributed by atoms with Gasteiger partial charge in [-0.25, -0.2) is 24.3 Å². The lowest BCUT2D eigenvalue weighted by Gasteiger charge is -2.36. The minimum atomic E-state index is -0.982. The van der Waals surface area contributed by atoms with E-state index in [0.29, 0.717) is 30.3 Å². The van der Waals surface area contributed by atoms with E-state index in [2.05, 4.69) is 19.9 Å². The number of thiophene rings is 1. The fourth-order valence-corrected chi connectivity index (χ4v) is 4.45. The van der Waals surface area contributed by atoms with Crippen molar-refractivity contribution in [3.05, 3.63) is 82.1 Å². The van der Waals surface area contributed by atoms with Crippen LogP contribution in [0, 0.1) is 11.6 Å². The highest BCUT2D eigenvalue weighted by Crippen LogP contribution is 2.36. The zero-order valence-corrected chi connectivity index (χ0v) is 18.0. The van der Waals surface area contributed by atoms with Gasteiger partial charge in [0.2, 0.25) is 5.82 Å². The van der Waals surface area contributed by atoms with Gasteiger partial charge in [-0.3, -0.25) is 0 Å². The van der Waals surface area contributed by atoms with E-state index in [4.69, 9.17) is 4.74 Å². The Morgan fingerprint density at radius 2 is 2.00 bits per heavy atom. The molecule has 32 heavy (non-hydrogen) atoms. The normalized spacial score (nSPS) is 15.5. The van der Waals surface area contributed by atoms with Gasteiger partial charge in [-0.1, -0.05) is 0 Å². The average Bonchev–Trinajstić information content (AvgIpc) is 3.34. The van der Waals surface area contributed by atoms with Crippen LogP contribution in [0.2, 0.25) is 0 Å². The van der Waals surface area contributed by atoms with Crippen molar-refractivity contribution in [3.8, 4) is 17.4 Å². The summed E-state index contributed by atoms with van der Waals surface area (Å²) in [4.78, 5) is 19.5. The summed E-state index contributed by atoms with van der Waals surface area (Å²) < 4.78 is 34.4. The molecule has 0 radical (unpaired) electrons. The number of aromatic nitrogens is 4. The Labute approximate surface area is 187 Å². The third-order valence-electron chi connectivity index (χ3n) is 5.46. The van der Waals surface area contributed by atoms with Crippen molar-refractivity contribution in [2.75, 3.05) is 11.4 Å². The number of fused-ring (bicyclic) bond motifs is 1. The number of anilines is 1. The van der Waals surface area contributed by atoms with Crippen LogP contribution in [-0.2, 0) is 13.0 Å². The van der Waals surface area contributed by atoms with E-state index in [1.54, 1.807) is 30.7 Å². The number of rotatable bonds is 5. The maximum absolute atomic E-state index is 14.4. The molecule has 3 aromatic heterocycles. The summed E-state index contributed by atoms with van der Waals surface area (Å²) in [5.41, 5.74) is 3.30. The third-order valence-corrected chi connectivity index (χ3v) is 6.19. The van der Waals surface area contributed by atoms with E-state index in [1.165, 1.54) is 17.4 Å². The first-order valence-corrected chi connectivity index (χ1v) is 11.1. The lowest BCUT2D eigenvalue weighted by atomic mass is 9.98. The molecule has 4 heterocycles. The number of nitrogens with zero attached hydrogens (tertiary/aromatic N) is 5. The molecule has 6 nitrogen and oxygen atoms in total. The van der Waals surface area contributed by atoms with Gasteiger partial charge in [-0.05, 0) is 35.4 Å². The Hall–Kier alpha value is -3.46. The summed E-state index contributed by atoms with van der Waals surface area (Å²) >= 11 is 1.53. The summed E-state index contributed by atoms with van der Waals surface area (Å²) in [6.07, 6.45) is 5.69. The maximum atomic E-state index is 14.4. The molecule has 0 bridgehead atoms. The van der Waals surface area contributed by atoms with Crippen LogP contribution in [0.1, 0.15) is 29.8 Å². The zero-order chi connectivity index (χ0) is 22.1. The van der Waals surface area contributed by atoms with Crippen LogP contribution in [0.4, 0.5) is 14.5 Å². The van der Waals surface area contributed by atoms with Crippen molar-refractivity contribution in [1.29, 1.82) is 0 Å². The summed E-state index contributed by atoms with van der Waals surface area (Å²) in [6.45, 7) is 2.77. The summed E-state index contributed by atoms with van der Waals surface area (Å²) in [6, 6.07) is 6.27. The third kappa shape index (κ3) is 3.91. The largest absolute Gasteiger partial charge is 0.486 e. The molecular weight excluding hydrogens is 432 g/mol. The van der Waals surface area contributed by atoms with Crippen LogP contribution in [0.25, 0.3) is 11.6 Å². The van der Waals surface area contributed by atoms with Crippen LogP contribution in [-0.4, -0.2) is 26.5 Å². The fraction of sp³-hybridized carbons (Fsp3) is 0.217. The molecule has 162 valence electrons. The molecule has 0 saturated heterocycles. The Morgan fingerprint density at radius 1 is 1.16 bits per heavy atom. The Bertz CT molecular complexity index is 1240. The van der Waals surface area contributed by atoms with Crippen LogP contribution in [0.3, 0.4) is 0 Å². The van der Waals surface area contributed by atoms with E-state index in [1.807, 2.05) is 28.7 Å². The lowest BCUT2D eigenvalue weighted by molar-refractivity contribution is 0.285. The molecule has 1 aliphatic heterocycles. The minimum absolute atomic E-state index is 0.1000. The highest BCUT2D eigenvalue weighted by Gasteiger charge is 2.28. The second-order valence-corrected chi connectivity index (χ2v) is 8.23. The second-order valence-electron chi connectivity index (χ2n) is 7.45. The van der Waals surface area contributed by atoms with Gasteiger partial charge in [0.1, 0.15) is 6.61 Å². The number of benzene rings is 1. The van der Waals surface area contributed by atoms with Gasteiger partial charge in [0.05, 0.1) is 11.7 Å². The van der Waals surface area contributed by atoms with Gasteiger partial charge in [-0.15, -0.1) is 0 Å². The molecule has 0 spiro atoms. The molecule has 5 rings (SSSR count). The lowest BCUT2D eigenvalue weighted by Crippen LogP contribution is -2.35. The first-order valence-electron chi connectivity index (χ1n) is 10.1. The smallest absolute Gasteiger partial charge is 0.200 e. The molecule has 1 aliphatic rings. The van der Waals surface area contributed by atoms with Crippen molar-refractivity contribution in [3.63, 3.8) is 0 Å². The van der Waals surface area contributed by atoms with Crippen LogP contribution >= 0.6 is 11.3 Å². The molecule has 0 saturated carbocycles. The van der Waals surface area contributed by atoms with E-state index in [9.17, 15) is 8.78 Å². The topological polar surface area (TPSA) is 64.0 Å². The predicted octanol–water partition coefficient (Wildman–Crippen LogP) is 4.98. The van der Waals surface area contributed by atoms with Gasteiger partial charge >= 0.3 is 0 Å². The molecule has 0 N–H and O–H groups in total. The van der Waals surface area contributed by atoms with E-state index in [-0.39, 0.29) is 18.4 Å². The molecule has 9 heteroatoms.